The summed E-state index contributed by atoms with van der Waals surface area (Å²) in [6, 6.07) is 19.9. The molecule has 1 aliphatic heterocycles. The zero-order valence-electron chi connectivity index (χ0n) is 20.9. The van der Waals surface area contributed by atoms with E-state index in [9.17, 15) is 14.7 Å². The van der Waals surface area contributed by atoms with E-state index in [1.165, 1.54) is 0 Å². The van der Waals surface area contributed by atoms with Crippen molar-refractivity contribution in [3.63, 3.8) is 0 Å². The second kappa shape index (κ2) is 10.7. The van der Waals surface area contributed by atoms with E-state index in [1.54, 1.807) is 17.0 Å². The Kier molecular flexibility index (Phi) is 7.65. The van der Waals surface area contributed by atoms with Crippen molar-refractivity contribution in [1.29, 1.82) is 0 Å². The van der Waals surface area contributed by atoms with Gasteiger partial charge in [0.15, 0.2) is 0 Å². The van der Waals surface area contributed by atoms with Crippen LogP contribution >= 0.6 is 15.9 Å². The second-order valence-corrected chi connectivity index (χ2v) is 10.5. The van der Waals surface area contributed by atoms with Gasteiger partial charge in [-0.25, -0.2) is 0 Å². The maximum absolute atomic E-state index is 13.3. The maximum Gasteiger partial charge on any atom is 0.295 e. The van der Waals surface area contributed by atoms with E-state index in [4.69, 9.17) is 4.74 Å². The van der Waals surface area contributed by atoms with Gasteiger partial charge in [0, 0.05) is 16.6 Å². The highest BCUT2D eigenvalue weighted by molar-refractivity contribution is 9.10. The number of hydrogen-bond donors (Lipinski definition) is 1. The Hall–Kier alpha value is -3.38. The molecule has 6 heteroatoms. The number of rotatable bonds is 7. The first kappa shape index (κ1) is 25.7. The minimum Gasteiger partial charge on any atom is -0.507 e. The normalized spacial score (nSPS) is 17.2. The minimum atomic E-state index is -0.703. The molecule has 0 aliphatic carbocycles. The molecule has 1 unspecified atom stereocenters. The third-order valence-corrected chi connectivity index (χ3v) is 7.08. The molecule has 0 saturated carbocycles. The third-order valence-electron chi connectivity index (χ3n) is 6.19. The van der Waals surface area contributed by atoms with Crippen LogP contribution in [-0.4, -0.2) is 28.3 Å². The van der Waals surface area contributed by atoms with Crippen molar-refractivity contribution in [3.8, 4) is 5.75 Å². The molecule has 3 aromatic carbocycles. The van der Waals surface area contributed by atoms with E-state index in [2.05, 4.69) is 29.8 Å². The van der Waals surface area contributed by atoms with Crippen LogP contribution in [0.4, 0.5) is 0 Å². The molecule has 4 rings (SSSR count). The molecule has 1 amide bonds. The molecule has 1 atom stereocenters. The lowest BCUT2D eigenvalue weighted by Gasteiger charge is -2.26. The van der Waals surface area contributed by atoms with Gasteiger partial charge in [-0.3, -0.25) is 9.59 Å². The van der Waals surface area contributed by atoms with Gasteiger partial charge in [-0.15, -0.1) is 0 Å². The third kappa shape index (κ3) is 5.39. The van der Waals surface area contributed by atoms with Gasteiger partial charge in [0.25, 0.3) is 11.7 Å². The van der Waals surface area contributed by atoms with E-state index >= 15 is 0 Å². The van der Waals surface area contributed by atoms with Crippen LogP contribution in [0.1, 0.15) is 47.7 Å². The van der Waals surface area contributed by atoms with Crippen molar-refractivity contribution in [1.82, 2.24) is 4.90 Å². The van der Waals surface area contributed by atoms with Crippen LogP contribution in [0.2, 0.25) is 0 Å². The smallest absolute Gasteiger partial charge is 0.295 e. The lowest BCUT2D eigenvalue weighted by Crippen LogP contribution is -2.29. The average Bonchev–Trinajstić information content (AvgIpc) is 3.09. The molecule has 1 fully saturated rings. The minimum absolute atomic E-state index is 0.101. The van der Waals surface area contributed by atoms with E-state index in [1.807, 2.05) is 68.4 Å². The van der Waals surface area contributed by atoms with Crippen LogP contribution in [0.15, 0.2) is 76.8 Å². The first-order chi connectivity index (χ1) is 17.2. The van der Waals surface area contributed by atoms with Crippen molar-refractivity contribution in [2.45, 2.75) is 40.3 Å². The number of ether oxygens (including phenoxy) is 1. The van der Waals surface area contributed by atoms with Gasteiger partial charge in [-0.2, -0.15) is 0 Å². The summed E-state index contributed by atoms with van der Waals surface area (Å²) < 4.78 is 6.67. The van der Waals surface area contributed by atoms with Crippen molar-refractivity contribution in [3.05, 3.63) is 105 Å². The summed E-state index contributed by atoms with van der Waals surface area (Å²) in [6.07, 6.45) is 0. The molecule has 0 radical (unpaired) electrons. The first-order valence-corrected chi connectivity index (χ1v) is 12.8. The quantitative estimate of drug-likeness (QED) is 0.202. The van der Waals surface area contributed by atoms with E-state index in [0.717, 1.165) is 32.5 Å². The number of ketones is 1. The zero-order valence-corrected chi connectivity index (χ0v) is 22.5. The highest BCUT2D eigenvalue weighted by Crippen LogP contribution is 2.41. The molecule has 1 saturated heterocycles. The van der Waals surface area contributed by atoms with E-state index in [-0.39, 0.29) is 17.9 Å². The van der Waals surface area contributed by atoms with Crippen molar-refractivity contribution in [2.75, 3.05) is 6.61 Å². The molecule has 0 aromatic heterocycles. The van der Waals surface area contributed by atoms with Crippen LogP contribution in [0, 0.1) is 19.8 Å². The van der Waals surface area contributed by atoms with Gasteiger partial charge in [0.2, 0.25) is 0 Å². The Bertz CT molecular complexity index is 1330. The Morgan fingerprint density at radius 1 is 1.03 bits per heavy atom. The van der Waals surface area contributed by atoms with Crippen LogP contribution in [0.25, 0.3) is 5.76 Å². The standard InChI is InChI=1S/C30H30BrNO4/c1-18(2)17-36-24-11-8-21(9-12-24)16-32-27(22-7-5-6-19(3)14-22)26(29(34)30(32)35)28(33)23-10-13-25(31)20(4)15-23/h5-15,18,27,33H,16-17H2,1-4H3/b28-26-. The monoisotopic (exact) mass is 547 g/mol. The summed E-state index contributed by atoms with van der Waals surface area (Å²) in [7, 11) is 0. The topological polar surface area (TPSA) is 66.8 Å². The number of nitrogens with zero attached hydrogens (tertiary/aromatic N) is 1. The molecule has 0 spiro atoms. The second-order valence-electron chi connectivity index (χ2n) is 9.65. The van der Waals surface area contributed by atoms with Gasteiger partial charge in [-0.05, 0) is 60.7 Å². The number of benzene rings is 3. The molecule has 1 heterocycles. The molecular weight excluding hydrogens is 518 g/mol. The predicted molar refractivity (Wildman–Crippen MR) is 145 cm³/mol. The lowest BCUT2D eigenvalue weighted by molar-refractivity contribution is -0.140. The van der Waals surface area contributed by atoms with Crippen LogP contribution in [-0.2, 0) is 16.1 Å². The van der Waals surface area contributed by atoms with Gasteiger partial charge in [0.1, 0.15) is 11.5 Å². The lowest BCUT2D eigenvalue weighted by atomic mass is 9.94. The number of hydrogen-bond acceptors (Lipinski definition) is 4. The molecule has 1 aliphatic rings. The number of aliphatic hydroxyl groups excluding tert-OH is 1. The fourth-order valence-electron chi connectivity index (χ4n) is 4.33. The number of aliphatic hydroxyl groups is 1. The summed E-state index contributed by atoms with van der Waals surface area (Å²) in [6.45, 7) is 8.90. The summed E-state index contributed by atoms with van der Waals surface area (Å²) in [5.41, 5.74) is 4.17. The van der Waals surface area contributed by atoms with Crippen LogP contribution < -0.4 is 4.74 Å². The fourth-order valence-corrected chi connectivity index (χ4v) is 4.57. The van der Waals surface area contributed by atoms with Gasteiger partial charge in [0.05, 0.1) is 18.2 Å². The largest absolute Gasteiger partial charge is 0.507 e. The molecule has 0 bridgehead atoms. The Morgan fingerprint density at radius 2 is 1.75 bits per heavy atom. The number of aryl methyl sites for hydroxylation is 2. The summed E-state index contributed by atoms with van der Waals surface area (Å²) in [5.74, 6) is -0.306. The molecule has 1 N–H and O–H groups in total. The van der Waals surface area contributed by atoms with Crippen molar-refractivity contribution in [2.24, 2.45) is 5.92 Å². The number of amides is 1. The molecular formula is C30H30BrNO4. The molecule has 3 aromatic rings. The number of halogens is 1. The van der Waals surface area contributed by atoms with Crippen LogP contribution in [0.5, 0.6) is 5.75 Å². The van der Waals surface area contributed by atoms with Crippen molar-refractivity contribution >= 4 is 33.4 Å². The van der Waals surface area contributed by atoms with E-state index in [0.29, 0.717) is 18.1 Å². The summed E-state index contributed by atoms with van der Waals surface area (Å²) >= 11 is 3.47. The molecule has 36 heavy (non-hydrogen) atoms. The Balaban J connectivity index is 1.75. The SMILES string of the molecule is Cc1cccc(C2/C(=C(/O)c3ccc(Br)c(C)c3)C(=O)C(=O)N2Cc2ccc(OCC(C)C)cc2)c1. The summed E-state index contributed by atoms with van der Waals surface area (Å²) in [4.78, 5) is 28.1. The van der Waals surface area contributed by atoms with Gasteiger partial charge in [-0.1, -0.05) is 77.8 Å². The average molecular weight is 548 g/mol. The van der Waals surface area contributed by atoms with Gasteiger partial charge >= 0.3 is 0 Å². The van der Waals surface area contributed by atoms with Crippen LogP contribution in [0.3, 0.4) is 0 Å². The number of Topliss-reactive ketones (excluding diaryl/α,β-unsaturated/α-hetero) is 1. The fraction of sp³-hybridized carbons (Fsp3) is 0.267. The maximum atomic E-state index is 13.3. The Labute approximate surface area is 220 Å². The molecule has 5 nitrogen and oxygen atoms in total. The van der Waals surface area contributed by atoms with E-state index < -0.39 is 17.7 Å². The zero-order chi connectivity index (χ0) is 26.0. The first-order valence-electron chi connectivity index (χ1n) is 12.0. The highest BCUT2D eigenvalue weighted by atomic mass is 79.9. The number of likely N-dealkylation sites (tertiary alicyclic amines) is 1. The van der Waals surface area contributed by atoms with Crippen molar-refractivity contribution < 1.29 is 19.4 Å². The predicted octanol–water partition coefficient (Wildman–Crippen LogP) is 6.72. The number of carbonyl (C=O) groups is 2. The number of carbonyl (C=O) groups excluding carboxylic acids is 2. The highest BCUT2D eigenvalue weighted by Gasteiger charge is 2.46. The summed E-state index contributed by atoms with van der Waals surface area (Å²) in [5, 5.41) is 11.3. The Morgan fingerprint density at radius 3 is 2.39 bits per heavy atom. The van der Waals surface area contributed by atoms with Gasteiger partial charge < -0.3 is 14.7 Å². The molecule has 186 valence electrons.